The number of esters is 1. The summed E-state index contributed by atoms with van der Waals surface area (Å²) in [7, 11) is -1.10. The zero-order valence-corrected chi connectivity index (χ0v) is 16.8. The van der Waals surface area contributed by atoms with Gasteiger partial charge in [0.25, 0.3) is 0 Å². The first-order chi connectivity index (χ1) is 13.0. The van der Waals surface area contributed by atoms with Crippen LogP contribution in [0.5, 0.6) is 0 Å². The Morgan fingerprint density at radius 1 is 1.04 bits per heavy atom. The molecule has 0 unspecified atom stereocenters. The van der Waals surface area contributed by atoms with Crippen molar-refractivity contribution in [2.24, 2.45) is 5.41 Å². The van der Waals surface area contributed by atoms with Crippen LogP contribution in [0.3, 0.4) is 0 Å². The second kappa shape index (κ2) is 8.66. The van der Waals surface area contributed by atoms with Crippen molar-refractivity contribution in [1.82, 2.24) is 0 Å². The number of carbonyl (C=O) groups excluding carboxylic acids is 1. The Morgan fingerprint density at radius 2 is 1.67 bits per heavy atom. The molecule has 2 aromatic rings. The van der Waals surface area contributed by atoms with Gasteiger partial charge in [-0.05, 0) is 60.1 Å². The van der Waals surface area contributed by atoms with E-state index in [1.54, 1.807) is 12.1 Å². The molecule has 0 N–H and O–H groups in total. The lowest BCUT2D eigenvalue weighted by Crippen LogP contribution is -2.27. The van der Waals surface area contributed by atoms with Crippen LogP contribution in [-0.4, -0.2) is 22.5 Å². The van der Waals surface area contributed by atoms with E-state index in [9.17, 15) is 9.00 Å². The maximum Gasteiger partial charge on any atom is 0.338 e. The summed E-state index contributed by atoms with van der Waals surface area (Å²) < 4.78 is 18.5. The molecule has 142 valence electrons. The molecule has 4 heteroatoms. The number of rotatable bonds is 6. The van der Waals surface area contributed by atoms with E-state index >= 15 is 0 Å². The maximum atomic E-state index is 12.9. The molecule has 0 aromatic heterocycles. The largest absolute Gasteiger partial charge is 0.458 e. The molecular weight excluding hydrogens is 356 g/mol. The number of ether oxygens (including phenoxy) is 1. The SMILES string of the molecule is CC1(C)CCCC(COC(=O)c2ccccc2)=C1C[S@@](=O)c1ccccc1. The van der Waals surface area contributed by atoms with Crippen LogP contribution >= 0.6 is 0 Å². The predicted molar refractivity (Wildman–Crippen MR) is 109 cm³/mol. The average molecular weight is 383 g/mol. The first kappa shape index (κ1) is 19.6. The van der Waals surface area contributed by atoms with E-state index in [1.807, 2.05) is 48.5 Å². The van der Waals surface area contributed by atoms with Crippen LogP contribution in [0.2, 0.25) is 0 Å². The monoisotopic (exact) mass is 382 g/mol. The van der Waals surface area contributed by atoms with Crippen LogP contribution in [0, 0.1) is 5.41 Å². The average Bonchev–Trinajstić information content (AvgIpc) is 2.69. The molecule has 0 spiro atoms. The molecule has 1 atom stereocenters. The Hall–Kier alpha value is -2.20. The summed E-state index contributed by atoms with van der Waals surface area (Å²) >= 11 is 0. The normalized spacial score (nSPS) is 17.4. The highest BCUT2D eigenvalue weighted by molar-refractivity contribution is 7.85. The first-order valence-corrected chi connectivity index (χ1v) is 10.7. The summed E-state index contributed by atoms with van der Waals surface area (Å²) in [6.45, 7) is 4.67. The van der Waals surface area contributed by atoms with Crippen LogP contribution in [-0.2, 0) is 15.5 Å². The molecule has 27 heavy (non-hydrogen) atoms. The summed E-state index contributed by atoms with van der Waals surface area (Å²) in [5.41, 5.74) is 2.83. The predicted octanol–water partition coefficient (Wildman–Crippen LogP) is 5.16. The van der Waals surface area contributed by atoms with Gasteiger partial charge in [-0.2, -0.15) is 0 Å². The Kier molecular flexibility index (Phi) is 6.27. The van der Waals surface area contributed by atoms with E-state index in [1.165, 1.54) is 5.57 Å². The second-order valence-corrected chi connectivity index (χ2v) is 9.02. The third kappa shape index (κ3) is 4.95. The molecule has 2 aromatic carbocycles. The summed E-state index contributed by atoms with van der Waals surface area (Å²) in [5.74, 6) is 0.185. The van der Waals surface area contributed by atoms with Crippen molar-refractivity contribution in [2.75, 3.05) is 12.4 Å². The third-order valence-corrected chi connectivity index (χ3v) is 6.54. The lowest BCUT2D eigenvalue weighted by atomic mass is 9.73. The van der Waals surface area contributed by atoms with Crippen molar-refractivity contribution >= 4 is 16.8 Å². The Morgan fingerprint density at radius 3 is 2.33 bits per heavy atom. The molecule has 3 nitrogen and oxygen atoms in total. The van der Waals surface area contributed by atoms with Crippen molar-refractivity contribution in [3.63, 3.8) is 0 Å². The van der Waals surface area contributed by atoms with Gasteiger partial charge in [0, 0.05) is 4.90 Å². The van der Waals surface area contributed by atoms with E-state index in [4.69, 9.17) is 4.74 Å². The minimum atomic E-state index is -1.10. The molecule has 0 amide bonds. The molecule has 0 fully saturated rings. The van der Waals surface area contributed by atoms with Gasteiger partial charge in [0.1, 0.15) is 6.61 Å². The molecule has 1 aliphatic carbocycles. The highest BCUT2D eigenvalue weighted by Crippen LogP contribution is 2.41. The molecule has 0 aliphatic heterocycles. The number of hydrogen-bond acceptors (Lipinski definition) is 3. The molecule has 0 saturated heterocycles. The fourth-order valence-corrected chi connectivity index (χ4v) is 5.06. The van der Waals surface area contributed by atoms with Crippen LogP contribution in [0.1, 0.15) is 43.5 Å². The fourth-order valence-electron chi connectivity index (χ4n) is 3.58. The smallest absolute Gasteiger partial charge is 0.338 e. The highest BCUT2D eigenvalue weighted by atomic mass is 32.2. The van der Waals surface area contributed by atoms with Gasteiger partial charge < -0.3 is 4.74 Å². The summed E-state index contributed by atoms with van der Waals surface area (Å²) in [6, 6.07) is 18.6. The second-order valence-electron chi connectivity index (χ2n) is 7.56. The minimum Gasteiger partial charge on any atom is -0.458 e. The van der Waals surface area contributed by atoms with E-state index < -0.39 is 10.8 Å². The van der Waals surface area contributed by atoms with Crippen molar-refractivity contribution in [3.8, 4) is 0 Å². The van der Waals surface area contributed by atoms with E-state index in [-0.39, 0.29) is 18.0 Å². The Balaban J connectivity index is 1.78. The van der Waals surface area contributed by atoms with Gasteiger partial charge in [-0.3, -0.25) is 4.21 Å². The molecule has 0 saturated carbocycles. The van der Waals surface area contributed by atoms with Gasteiger partial charge in [-0.15, -0.1) is 0 Å². The van der Waals surface area contributed by atoms with Crippen molar-refractivity contribution in [3.05, 3.63) is 77.4 Å². The molecule has 0 heterocycles. The lowest BCUT2D eigenvalue weighted by molar-refractivity contribution is 0.0532. The van der Waals surface area contributed by atoms with Gasteiger partial charge in [0.2, 0.25) is 0 Å². The lowest BCUT2D eigenvalue weighted by Gasteiger charge is -2.35. The van der Waals surface area contributed by atoms with Gasteiger partial charge in [0.15, 0.2) is 0 Å². The molecule has 1 aliphatic rings. The molecular formula is C23H26O3S. The van der Waals surface area contributed by atoms with E-state index in [2.05, 4.69) is 13.8 Å². The van der Waals surface area contributed by atoms with Gasteiger partial charge in [-0.1, -0.05) is 50.2 Å². The van der Waals surface area contributed by atoms with Crippen molar-refractivity contribution < 1.29 is 13.7 Å². The summed E-state index contributed by atoms with van der Waals surface area (Å²) in [5, 5.41) is 0. The molecule has 3 rings (SSSR count). The van der Waals surface area contributed by atoms with Crippen LogP contribution in [0.4, 0.5) is 0 Å². The maximum absolute atomic E-state index is 12.9. The van der Waals surface area contributed by atoms with Crippen molar-refractivity contribution in [2.45, 2.75) is 38.0 Å². The van der Waals surface area contributed by atoms with Crippen LogP contribution < -0.4 is 0 Å². The fraction of sp³-hybridized carbons (Fsp3) is 0.348. The first-order valence-electron chi connectivity index (χ1n) is 9.34. The van der Waals surface area contributed by atoms with Gasteiger partial charge in [-0.25, -0.2) is 4.79 Å². The number of benzene rings is 2. The van der Waals surface area contributed by atoms with E-state index in [0.717, 1.165) is 29.7 Å². The number of carbonyl (C=O) groups is 1. The van der Waals surface area contributed by atoms with Crippen LogP contribution in [0.25, 0.3) is 0 Å². The minimum absolute atomic E-state index is 0.0306. The summed E-state index contributed by atoms with van der Waals surface area (Å²) in [4.78, 5) is 13.1. The van der Waals surface area contributed by atoms with E-state index in [0.29, 0.717) is 11.3 Å². The molecule has 0 bridgehead atoms. The Bertz CT molecular complexity index is 838. The molecule has 0 radical (unpaired) electrons. The highest BCUT2D eigenvalue weighted by Gasteiger charge is 2.31. The quantitative estimate of drug-likeness (QED) is 0.512. The van der Waals surface area contributed by atoms with Gasteiger partial charge >= 0.3 is 5.97 Å². The van der Waals surface area contributed by atoms with Crippen LogP contribution in [0.15, 0.2) is 76.7 Å². The summed E-state index contributed by atoms with van der Waals surface area (Å²) in [6.07, 6.45) is 3.02. The zero-order valence-electron chi connectivity index (χ0n) is 15.9. The third-order valence-electron chi connectivity index (χ3n) is 5.19. The van der Waals surface area contributed by atoms with Crippen molar-refractivity contribution in [1.29, 1.82) is 0 Å². The zero-order chi connectivity index (χ0) is 19.3. The number of hydrogen-bond donors (Lipinski definition) is 0. The topological polar surface area (TPSA) is 43.4 Å². The standard InChI is InChI=1S/C23H26O3S/c1-23(2)15-9-12-19(16-26-22(24)18-10-5-3-6-11-18)21(23)17-27(25)20-13-7-4-8-14-20/h3-8,10-11,13-14H,9,12,15-17H2,1-2H3/t27-/m1/s1. The van der Waals surface area contributed by atoms with Gasteiger partial charge in [0.05, 0.1) is 22.1 Å². The Labute approximate surface area is 163 Å².